The second-order valence-electron chi connectivity index (χ2n) is 5.84. The summed E-state index contributed by atoms with van der Waals surface area (Å²) < 4.78 is 10.5. The number of morpholine rings is 1. The smallest absolute Gasteiger partial charge is 0.320 e. The quantitative estimate of drug-likeness (QED) is 0.818. The normalized spacial score (nSPS) is 14.0. The molecule has 0 atom stereocenters. The first-order chi connectivity index (χ1) is 12.7. The first-order valence-electron chi connectivity index (χ1n) is 8.57. The Balaban J connectivity index is 1.46. The van der Waals surface area contributed by atoms with E-state index < -0.39 is 0 Å². The molecule has 1 fully saturated rings. The zero-order valence-corrected chi connectivity index (χ0v) is 14.8. The molecule has 1 aliphatic rings. The van der Waals surface area contributed by atoms with Crippen LogP contribution in [-0.2, 0) is 11.2 Å². The van der Waals surface area contributed by atoms with E-state index in [2.05, 4.69) is 25.5 Å². The average Bonchev–Trinajstić information content (AvgIpc) is 2.69. The van der Waals surface area contributed by atoms with Gasteiger partial charge in [-0.3, -0.25) is 5.32 Å². The molecule has 1 aromatic heterocycles. The van der Waals surface area contributed by atoms with Gasteiger partial charge in [-0.15, -0.1) is 0 Å². The molecule has 0 unspecified atom stereocenters. The summed E-state index contributed by atoms with van der Waals surface area (Å²) in [6.07, 6.45) is 2.19. The van der Waals surface area contributed by atoms with Crippen molar-refractivity contribution in [3.05, 3.63) is 42.2 Å². The molecule has 1 aliphatic heterocycles. The summed E-state index contributed by atoms with van der Waals surface area (Å²) in [7, 11) is 1.64. The summed E-state index contributed by atoms with van der Waals surface area (Å²) in [5.41, 5.74) is 1.13. The van der Waals surface area contributed by atoms with Crippen LogP contribution < -0.4 is 20.3 Å². The van der Waals surface area contributed by atoms with Crippen LogP contribution in [0.3, 0.4) is 0 Å². The van der Waals surface area contributed by atoms with E-state index in [0.717, 1.165) is 36.6 Å². The van der Waals surface area contributed by atoms with Crippen molar-refractivity contribution in [2.45, 2.75) is 6.42 Å². The second kappa shape index (κ2) is 9.00. The van der Waals surface area contributed by atoms with Gasteiger partial charge < -0.3 is 19.7 Å². The Hall–Kier alpha value is -2.87. The number of carbonyl (C=O) groups excluding carboxylic acids is 1. The molecule has 0 spiro atoms. The zero-order chi connectivity index (χ0) is 18.2. The van der Waals surface area contributed by atoms with Gasteiger partial charge in [-0.1, -0.05) is 12.1 Å². The van der Waals surface area contributed by atoms with Crippen LogP contribution in [0.2, 0.25) is 0 Å². The largest absolute Gasteiger partial charge is 0.497 e. The van der Waals surface area contributed by atoms with Crippen molar-refractivity contribution in [3.63, 3.8) is 0 Å². The molecule has 8 heteroatoms. The predicted molar refractivity (Wildman–Crippen MR) is 98.8 cm³/mol. The van der Waals surface area contributed by atoms with Crippen LogP contribution in [-0.4, -0.2) is 56.0 Å². The summed E-state index contributed by atoms with van der Waals surface area (Å²) in [6, 6.07) is 9.26. The van der Waals surface area contributed by atoms with Crippen molar-refractivity contribution >= 4 is 17.7 Å². The Kier molecular flexibility index (Phi) is 6.21. The fourth-order valence-electron chi connectivity index (χ4n) is 2.65. The number of nitrogens with zero attached hydrogens (tertiary/aromatic N) is 3. The molecule has 0 bridgehead atoms. The molecule has 1 aromatic carbocycles. The molecule has 138 valence electrons. The second-order valence-corrected chi connectivity index (χ2v) is 5.84. The maximum atomic E-state index is 12.1. The number of amides is 2. The maximum absolute atomic E-state index is 12.1. The Bertz CT molecular complexity index is 717. The van der Waals surface area contributed by atoms with Crippen molar-refractivity contribution in [1.29, 1.82) is 0 Å². The van der Waals surface area contributed by atoms with Crippen LogP contribution in [0.15, 0.2) is 36.7 Å². The molecule has 0 saturated carbocycles. The van der Waals surface area contributed by atoms with Crippen molar-refractivity contribution in [1.82, 2.24) is 15.3 Å². The molecule has 2 heterocycles. The third-order valence-electron chi connectivity index (χ3n) is 4.09. The van der Waals surface area contributed by atoms with E-state index in [4.69, 9.17) is 9.47 Å². The van der Waals surface area contributed by atoms with Gasteiger partial charge in [0.05, 0.1) is 20.3 Å². The lowest BCUT2D eigenvalue weighted by atomic mass is 10.1. The lowest BCUT2D eigenvalue weighted by Crippen LogP contribution is -2.37. The summed E-state index contributed by atoms with van der Waals surface area (Å²) >= 11 is 0. The van der Waals surface area contributed by atoms with Gasteiger partial charge in [0.25, 0.3) is 0 Å². The monoisotopic (exact) mass is 357 g/mol. The molecule has 2 N–H and O–H groups in total. The zero-order valence-electron chi connectivity index (χ0n) is 14.8. The minimum Gasteiger partial charge on any atom is -0.497 e. The van der Waals surface area contributed by atoms with Crippen LogP contribution in [0.1, 0.15) is 5.56 Å². The summed E-state index contributed by atoms with van der Waals surface area (Å²) in [4.78, 5) is 22.5. The SMILES string of the molecule is COc1ccc(CCNC(=O)Nc2cc(N3CCOCC3)ncn2)cc1. The highest BCUT2D eigenvalue weighted by atomic mass is 16.5. The third-order valence-corrected chi connectivity index (χ3v) is 4.09. The fourth-order valence-corrected chi connectivity index (χ4v) is 2.65. The highest BCUT2D eigenvalue weighted by Gasteiger charge is 2.13. The van der Waals surface area contributed by atoms with Crippen molar-refractivity contribution < 1.29 is 14.3 Å². The first-order valence-corrected chi connectivity index (χ1v) is 8.57. The van der Waals surface area contributed by atoms with E-state index in [1.54, 1.807) is 13.2 Å². The number of hydrogen-bond donors (Lipinski definition) is 2. The van der Waals surface area contributed by atoms with Crippen LogP contribution in [0, 0.1) is 0 Å². The molecule has 0 radical (unpaired) electrons. The minimum atomic E-state index is -0.287. The molecule has 8 nitrogen and oxygen atoms in total. The van der Waals surface area contributed by atoms with Crippen LogP contribution >= 0.6 is 0 Å². The maximum Gasteiger partial charge on any atom is 0.320 e. The molecule has 26 heavy (non-hydrogen) atoms. The molecular weight excluding hydrogens is 334 g/mol. The van der Waals surface area contributed by atoms with Gasteiger partial charge >= 0.3 is 6.03 Å². The topological polar surface area (TPSA) is 88.6 Å². The number of nitrogens with one attached hydrogen (secondary N) is 2. The van der Waals surface area contributed by atoms with Gasteiger partial charge in [-0.25, -0.2) is 14.8 Å². The molecule has 1 saturated heterocycles. The summed E-state index contributed by atoms with van der Waals surface area (Å²) in [5, 5.41) is 5.58. The van der Waals surface area contributed by atoms with Gasteiger partial charge in [0.15, 0.2) is 0 Å². The van der Waals surface area contributed by atoms with Gasteiger partial charge in [0.1, 0.15) is 23.7 Å². The molecule has 3 rings (SSSR count). The average molecular weight is 357 g/mol. The molecule has 2 aromatic rings. The number of ether oxygens (including phenoxy) is 2. The van der Waals surface area contributed by atoms with E-state index in [0.29, 0.717) is 25.6 Å². The Morgan fingerprint density at radius 2 is 2.00 bits per heavy atom. The molecule has 2 amide bonds. The van der Waals surface area contributed by atoms with E-state index in [1.165, 1.54) is 6.33 Å². The summed E-state index contributed by atoms with van der Waals surface area (Å²) in [5.74, 6) is 2.08. The van der Waals surface area contributed by atoms with E-state index in [1.807, 2.05) is 24.3 Å². The van der Waals surface area contributed by atoms with Gasteiger partial charge in [0, 0.05) is 25.7 Å². The standard InChI is InChI=1S/C18H23N5O3/c1-25-15-4-2-14(3-5-15)6-7-19-18(24)22-16-12-17(21-13-20-16)23-8-10-26-11-9-23/h2-5,12-13H,6-11H2,1H3,(H2,19,20,21,22,24). The number of benzene rings is 1. The van der Waals surface area contributed by atoms with Crippen LogP contribution in [0.25, 0.3) is 0 Å². The van der Waals surface area contributed by atoms with Crippen LogP contribution in [0.5, 0.6) is 5.75 Å². The lowest BCUT2D eigenvalue weighted by molar-refractivity contribution is 0.122. The highest BCUT2D eigenvalue weighted by Crippen LogP contribution is 2.15. The van der Waals surface area contributed by atoms with Crippen molar-refractivity contribution in [2.24, 2.45) is 0 Å². The predicted octanol–water partition coefficient (Wildman–Crippen LogP) is 1.69. The Labute approximate surface area is 152 Å². The molecule has 0 aliphatic carbocycles. The summed E-state index contributed by atoms with van der Waals surface area (Å²) in [6.45, 7) is 3.45. The van der Waals surface area contributed by atoms with E-state index >= 15 is 0 Å². The van der Waals surface area contributed by atoms with Crippen LogP contribution in [0.4, 0.5) is 16.4 Å². The van der Waals surface area contributed by atoms with E-state index in [9.17, 15) is 4.79 Å². The fraction of sp³-hybridized carbons (Fsp3) is 0.389. The van der Waals surface area contributed by atoms with Crippen molar-refractivity contribution in [2.75, 3.05) is 50.2 Å². The van der Waals surface area contributed by atoms with Gasteiger partial charge in [-0.2, -0.15) is 0 Å². The molecular formula is C18H23N5O3. The van der Waals surface area contributed by atoms with E-state index in [-0.39, 0.29) is 6.03 Å². The number of aromatic nitrogens is 2. The number of carbonyl (C=O) groups is 1. The lowest BCUT2D eigenvalue weighted by Gasteiger charge is -2.27. The highest BCUT2D eigenvalue weighted by molar-refractivity contribution is 5.88. The van der Waals surface area contributed by atoms with Gasteiger partial charge in [-0.05, 0) is 24.1 Å². The minimum absolute atomic E-state index is 0.287. The number of urea groups is 1. The first kappa shape index (κ1) is 17.9. The number of anilines is 2. The Morgan fingerprint density at radius 1 is 1.23 bits per heavy atom. The third kappa shape index (κ3) is 5.06. The number of methoxy groups -OCH3 is 1. The number of hydrogen-bond acceptors (Lipinski definition) is 6. The van der Waals surface area contributed by atoms with Crippen molar-refractivity contribution in [3.8, 4) is 5.75 Å². The Morgan fingerprint density at radius 3 is 2.73 bits per heavy atom. The number of rotatable bonds is 6. The van der Waals surface area contributed by atoms with Gasteiger partial charge in [0.2, 0.25) is 0 Å².